The number of carbonyl (C=O) groups is 3. The van der Waals surface area contributed by atoms with E-state index in [-0.39, 0.29) is 27.6 Å². The standard InChI is InChI=1S/C25H23ClN2O6S/c26-20-21(34-14-19(29)30)23(25(32)33)35-22(20)16-7-4-8-18(13-16)28(17-9-11-27-12-10-17)24(31)15-5-2-1-3-6-15/h1-8,13,17,27H,9-12,14H2,(H,29,30)(H,32,33). The second-order valence-corrected chi connectivity index (χ2v) is 9.36. The largest absolute Gasteiger partial charge is 0.479 e. The molecule has 10 heteroatoms. The first kappa shape index (κ1) is 24.7. The smallest absolute Gasteiger partial charge is 0.349 e. The minimum atomic E-state index is -1.27. The zero-order valence-corrected chi connectivity index (χ0v) is 20.1. The molecule has 0 radical (unpaired) electrons. The zero-order valence-electron chi connectivity index (χ0n) is 18.6. The maximum Gasteiger partial charge on any atom is 0.349 e. The first-order valence-electron chi connectivity index (χ1n) is 11.0. The Kier molecular flexibility index (Phi) is 7.70. The maximum atomic E-state index is 13.6. The highest BCUT2D eigenvalue weighted by molar-refractivity contribution is 7.18. The average molecular weight is 515 g/mol. The number of halogens is 1. The number of benzene rings is 2. The van der Waals surface area contributed by atoms with Crippen LogP contribution in [-0.4, -0.2) is 53.8 Å². The SMILES string of the molecule is O=C(O)COc1c(C(=O)O)sc(-c2cccc(N(C(=O)c3ccccc3)C3CCNCC3)c2)c1Cl. The summed E-state index contributed by atoms with van der Waals surface area (Å²) in [4.78, 5) is 38.3. The number of carboxylic acids is 2. The van der Waals surface area contributed by atoms with E-state index in [0.29, 0.717) is 21.7 Å². The second-order valence-electron chi connectivity index (χ2n) is 7.96. The summed E-state index contributed by atoms with van der Waals surface area (Å²) >= 11 is 7.37. The average Bonchev–Trinajstić information content (AvgIpc) is 3.20. The number of hydrogen-bond acceptors (Lipinski definition) is 6. The normalized spacial score (nSPS) is 13.9. The third-order valence-corrected chi connectivity index (χ3v) is 7.32. The molecular formula is C25H23ClN2O6S. The number of rotatable bonds is 8. The number of nitrogens with zero attached hydrogens (tertiary/aromatic N) is 1. The number of hydrogen-bond donors (Lipinski definition) is 3. The Balaban J connectivity index is 1.76. The number of amides is 1. The van der Waals surface area contributed by atoms with Crippen LogP contribution in [0.15, 0.2) is 54.6 Å². The highest BCUT2D eigenvalue weighted by Crippen LogP contribution is 2.46. The molecule has 1 amide bonds. The molecule has 0 saturated carbocycles. The summed E-state index contributed by atoms with van der Waals surface area (Å²) in [6, 6.07) is 16.2. The monoisotopic (exact) mass is 514 g/mol. The summed E-state index contributed by atoms with van der Waals surface area (Å²) in [5.74, 6) is -2.81. The summed E-state index contributed by atoms with van der Waals surface area (Å²) in [6.45, 7) is 0.878. The molecule has 0 aliphatic carbocycles. The minimum absolute atomic E-state index is 0.0120. The molecule has 2 aromatic carbocycles. The third-order valence-electron chi connectivity index (χ3n) is 5.64. The number of anilines is 1. The van der Waals surface area contributed by atoms with E-state index in [2.05, 4.69) is 5.32 Å². The second kappa shape index (κ2) is 10.9. The number of aromatic carboxylic acids is 1. The minimum Gasteiger partial charge on any atom is -0.479 e. The van der Waals surface area contributed by atoms with Crippen LogP contribution in [-0.2, 0) is 4.79 Å². The van der Waals surface area contributed by atoms with Gasteiger partial charge in [-0.15, -0.1) is 11.3 Å². The van der Waals surface area contributed by atoms with Crippen molar-refractivity contribution in [1.29, 1.82) is 0 Å². The summed E-state index contributed by atoms with van der Waals surface area (Å²) in [5.41, 5.74) is 1.84. The Bertz CT molecular complexity index is 1240. The molecule has 1 aliphatic heterocycles. The summed E-state index contributed by atoms with van der Waals surface area (Å²) in [5, 5.41) is 21.9. The van der Waals surface area contributed by atoms with E-state index in [1.807, 2.05) is 24.3 Å². The van der Waals surface area contributed by atoms with Crippen molar-refractivity contribution >= 4 is 46.5 Å². The maximum absolute atomic E-state index is 13.6. The molecule has 1 saturated heterocycles. The van der Waals surface area contributed by atoms with Gasteiger partial charge < -0.3 is 25.2 Å². The molecule has 0 unspecified atom stereocenters. The first-order chi connectivity index (χ1) is 16.9. The molecule has 8 nitrogen and oxygen atoms in total. The lowest BCUT2D eigenvalue weighted by Gasteiger charge is -2.35. The summed E-state index contributed by atoms with van der Waals surface area (Å²) in [6.07, 6.45) is 1.58. The lowest BCUT2D eigenvalue weighted by Crippen LogP contribution is -2.46. The lowest BCUT2D eigenvalue weighted by atomic mass is 10.0. The van der Waals surface area contributed by atoms with Crippen LogP contribution in [0.2, 0.25) is 5.02 Å². The van der Waals surface area contributed by atoms with E-state index in [0.717, 1.165) is 37.3 Å². The predicted molar refractivity (Wildman–Crippen MR) is 134 cm³/mol. The first-order valence-corrected chi connectivity index (χ1v) is 12.2. The van der Waals surface area contributed by atoms with Crippen molar-refractivity contribution in [2.75, 3.05) is 24.6 Å². The molecule has 35 heavy (non-hydrogen) atoms. The molecule has 2 heterocycles. The molecular weight excluding hydrogens is 492 g/mol. The molecule has 1 fully saturated rings. The van der Waals surface area contributed by atoms with Crippen LogP contribution in [0.4, 0.5) is 5.69 Å². The summed E-state index contributed by atoms with van der Waals surface area (Å²) in [7, 11) is 0. The van der Waals surface area contributed by atoms with Crippen LogP contribution in [0.25, 0.3) is 10.4 Å². The molecule has 0 atom stereocenters. The van der Waals surface area contributed by atoms with Crippen molar-refractivity contribution in [3.05, 3.63) is 70.1 Å². The van der Waals surface area contributed by atoms with Crippen molar-refractivity contribution < 1.29 is 29.3 Å². The van der Waals surface area contributed by atoms with Crippen molar-refractivity contribution in [2.45, 2.75) is 18.9 Å². The molecule has 4 rings (SSSR count). The Labute approximate surface area is 210 Å². The molecule has 1 aliphatic rings. The van der Waals surface area contributed by atoms with Crippen molar-refractivity contribution in [1.82, 2.24) is 5.32 Å². The van der Waals surface area contributed by atoms with Gasteiger partial charge in [0.1, 0.15) is 5.02 Å². The molecule has 0 spiro atoms. The fourth-order valence-corrected chi connectivity index (χ4v) is 5.46. The van der Waals surface area contributed by atoms with Gasteiger partial charge in [0.05, 0.1) is 4.88 Å². The number of ether oxygens (including phenoxy) is 1. The van der Waals surface area contributed by atoms with E-state index in [9.17, 15) is 19.5 Å². The molecule has 0 bridgehead atoms. The quantitative estimate of drug-likeness (QED) is 0.401. The van der Waals surface area contributed by atoms with Gasteiger partial charge >= 0.3 is 11.9 Å². The van der Waals surface area contributed by atoms with Gasteiger partial charge in [0, 0.05) is 17.3 Å². The number of aliphatic carboxylic acids is 1. The molecule has 182 valence electrons. The van der Waals surface area contributed by atoms with Crippen LogP contribution < -0.4 is 15.0 Å². The predicted octanol–water partition coefficient (Wildman–Crippen LogP) is 4.63. The van der Waals surface area contributed by atoms with E-state index < -0.39 is 18.5 Å². The van der Waals surface area contributed by atoms with Crippen molar-refractivity contribution in [2.24, 2.45) is 0 Å². The van der Waals surface area contributed by atoms with Gasteiger partial charge in [-0.2, -0.15) is 0 Å². The topological polar surface area (TPSA) is 116 Å². The molecule has 1 aromatic heterocycles. The zero-order chi connectivity index (χ0) is 24.9. The van der Waals surface area contributed by atoms with Gasteiger partial charge in [0.15, 0.2) is 17.2 Å². The Morgan fingerprint density at radius 3 is 2.43 bits per heavy atom. The van der Waals surface area contributed by atoms with Gasteiger partial charge in [0.2, 0.25) is 0 Å². The number of carbonyl (C=O) groups excluding carboxylic acids is 1. The van der Waals surface area contributed by atoms with Crippen LogP contribution in [0.3, 0.4) is 0 Å². The Hall–Kier alpha value is -3.40. The van der Waals surface area contributed by atoms with Gasteiger partial charge in [-0.1, -0.05) is 41.9 Å². The van der Waals surface area contributed by atoms with E-state index in [1.54, 1.807) is 35.2 Å². The highest BCUT2D eigenvalue weighted by Gasteiger charge is 2.29. The number of thiophene rings is 1. The fraction of sp³-hybridized carbons (Fsp3) is 0.240. The Morgan fingerprint density at radius 1 is 1.06 bits per heavy atom. The lowest BCUT2D eigenvalue weighted by molar-refractivity contribution is -0.139. The van der Waals surface area contributed by atoms with Crippen LogP contribution in [0, 0.1) is 0 Å². The number of carboxylic acid groups (broad SMARTS) is 2. The third kappa shape index (κ3) is 5.48. The van der Waals surface area contributed by atoms with Crippen molar-refractivity contribution in [3.63, 3.8) is 0 Å². The fourth-order valence-electron chi connectivity index (χ4n) is 4.06. The van der Waals surface area contributed by atoms with Gasteiger partial charge in [-0.05, 0) is 55.8 Å². The van der Waals surface area contributed by atoms with Gasteiger partial charge in [0.25, 0.3) is 5.91 Å². The number of piperidine rings is 1. The van der Waals surface area contributed by atoms with E-state index >= 15 is 0 Å². The van der Waals surface area contributed by atoms with Crippen LogP contribution in [0.5, 0.6) is 5.75 Å². The number of nitrogens with one attached hydrogen (secondary N) is 1. The van der Waals surface area contributed by atoms with Crippen LogP contribution >= 0.6 is 22.9 Å². The molecule has 3 N–H and O–H groups in total. The van der Waals surface area contributed by atoms with Gasteiger partial charge in [-0.3, -0.25) is 4.79 Å². The van der Waals surface area contributed by atoms with Crippen molar-refractivity contribution in [3.8, 4) is 16.2 Å². The highest BCUT2D eigenvalue weighted by atomic mass is 35.5. The van der Waals surface area contributed by atoms with Crippen LogP contribution in [0.1, 0.15) is 32.9 Å². The van der Waals surface area contributed by atoms with Gasteiger partial charge in [-0.25, -0.2) is 9.59 Å². The Morgan fingerprint density at radius 2 is 1.77 bits per heavy atom. The molecule has 3 aromatic rings. The van der Waals surface area contributed by atoms with E-state index in [1.165, 1.54) is 0 Å². The van der Waals surface area contributed by atoms with E-state index in [4.69, 9.17) is 21.4 Å². The summed E-state index contributed by atoms with van der Waals surface area (Å²) < 4.78 is 5.19.